The first-order valence-electron chi connectivity index (χ1n) is 11.6. The number of carbonyl (C=O) groups is 4. The van der Waals surface area contributed by atoms with Gasteiger partial charge < -0.3 is 10.2 Å². The zero-order valence-electron chi connectivity index (χ0n) is 19.6. The Hall–Kier alpha value is -3.00. The largest absolute Gasteiger partial charge is 0.354 e. The third-order valence-electron chi connectivity index (χ3n) is 5.89. The standard InChI is InChI=1S/C26H30BrN3O4/c1-3-4-14-28-24(32)18(2)30(17-19-9-7-10-20(27)16-19)23(31)13-8-15-29-25(33)21-11-5-6-12-22(21)26(29)34/h5-7,9-12,16,18H,3-4,8,13-15,17H2,1-2H3,(H,28,32)/t18-/m0/s1. The topological polar surface area (TPSA) is 86.8 Å². The van der Waals surface area contributed by atoms with Crippen molar-refractivity contribution in [3.63, 3.8) is 0 Å². The number of fused-ring (bicyclic) bond motifs is 1. The summed E-state index contributed by atoms with van der Waals surface area (Å²) in [6, 6.07) is 13.7. The highest BCUT2D eigenvalue weighted by atomic mass is 79.9. The molecule has 180 valence electrons. The minimum Gasteiger partial charge on any atom is -0.354 e. The third kappa shape index (κ3) is 6.11. The van der Waals surface area contributed by atoms with Gasteiger partial charge in [0.1, 0.15) is 6.04 Å². The first kappa shape index (κ1) is 25.6. The molecular formula is C26H30BrN3O4. The molecule has 0 saturated heterocycles. The number of imide groups is 1. The van der Waals surface area contributed by atoms with Gasteiger partial charge in [0.05, 0.1) is 11.1 Å². The van der Waals surface area contributed by atoms with E-state index < -0.39 is 6.04 Å². The van der Waals surface area contributed by atoms with Crippen LogP contribution in [0.4, 0.5) is 0 Å². The van der Waals surface area contributed by atoms with Crippen molar-refractivity contribution < 1.29 is 19.2 Å². The van der Waals surface area contributed by atoms with Crippen LogP contribution in [0.15, 0.2) is 53.0 Å². The van der Waals surface area contributed by atoms with Crippen LogP contribution in [0.2, 0.25) is 0 Å². The van der Waals surface area contributed by atoms with Crippen LogP contribution in [-0.4, -0.2) is 52.6 Å². The number of amides is 4. The molecule has 0 aliphatic carbocycles. The molecule has 0 bridgehead atoms. The van der Waals surface area contributed by atoms with E-state index >= 15 is 0 Å². The number of rotatable bonds is 11. The molecule has 1 aliphatic rings. The molecule has 7 nitrogen and oxygen atoms in total. The van der Waals surface area contributed by atoms with Crippen LogP contribution in [0.5, 0.6) is 0 Å². The van der Waals surface area contributed by atoms with Crippen molar-refractivity contribution in [3.05, 3.63) is 69.7 Å². The zero-order chi connectivity index (χ0) is 24.7. The van der Waals surface area contributed by atoms with Crippen molar-refractivity contribution in [1.82, 2.24) is 15.1 Å². The van der Waals surface area contributed by atoms with E-state index in [9.17, 15) is 19.2 Å². The van der Waals surface area contributed by atoms with Crippen LogP contribution >= 0.6 is 15.9 Å². The van der Waals surface area contributed by atoms with Gasteiger partial charge in [-0.3, -0.25) is 24.1 Å². The molecule has 2 aromatic carbocycles. The monoisotopic (exact) mass is 527 g/mol. The molecule has 0 fully saturated rings. The Morgan fingerprint density at radius 3 is 2.32 bits per heavy atom. The summed E-state index contributed by atoms with van der Waals surface area (Å²) in [4.78, 5) is 53.8. The predicted molar refractivity (Wildman–Crippen MR) is 133 cm³/mol. The van der Waals surface area contributed by atoms with Crippen molar-refractivity contribution in [2.45, 2.75) is 52.1 Å². The molecule has 0 radical (unpaired) electrons. The lowest BCUT2D eigenvalue weighted by molar-refractivity contribution is -0.140. The van der Waals surface area contributed by atoms with Gasteiger partial charge in [0.15, 0.2) is 0 Å². The Morgan fingerprint density at radius 2 is 1.71 bits per heavy atom. The van der Waals surface area contributed by atoms with Gasteiger partial charge >= 0.3 is 0 Å². The van der Waals surface area contributed by atoms with E-state index in [0.29, 0.717) is 24.1 Å². The number of nitrogens with one attached hydrogen (secondary N) is 1. The fraction of sp³-hybridized carbons (Fsp3) is 0.385. The zero-order valence-corrected chi connectivity index (χ0v) is 21.1. The molecule has 1 N–H and O–H groups in total. The summed E-state index contributed by atoms with van der Waals surface area (Å²) in [5.41, 5.74) is 1.69. The highest BCUT2D eigenvalue weighted by Gasteiger charge is 2.35. The molecule has 1 aliphatic heterocycles. The minimum atomic E-state index is -0.650. The van der Waals surface area contributed by atoms with Gasteiger partial charge in [0, 0.05) is 30.5 Å². The minimum absolute atomic E-state index is 0.119. The summed E-state index contributed by atoms with van der Waals surface area (Å²) < 4.78 is 0.892. The molecule has 0 saturated carbocycles. The van der Waals surface area contributed by atoms with Crippen molar-refractivity contribution in [1.29, 1.82) is 0 Å². The van der Waals surface area contributed by atoms with Gasteiger partial charge in [-0.15, -0.1) is 0 Å². The van der Waals surface area contributed by atoms with E-state index in [1.54, 1.807) is 36.1 Å². The normalized spacial score (nSPS) is 13.6. The van der Waals surface area contributed by atoms with Crippen LogP contribution in [0.25, 0.3) is 0 Å². The smallest absolute Gasteiger partial charge is 0.261 e. The summed E-state index contributed by atoms with van der Waals surface area (Å²) in [5, 5.41) is 2.90. The SMILES string of the molecule is CCCCNC(=O)[C@H](C)N(Cc1cccc(Br)c1)C(=O)CCCN1C(=O)c2ccccc2C1=O. The van der Waals surface area contributed by atoms with Gasteiger partial charge in [0.2, 0.25) is 11.8 Å². The molecule has 0 spiro atoms. The maximum Gasteiger partial charge on any atom is 0.261 e. The average molecular weight is 528 g/mol. The summed E-state index contributed by atoms with van der Waals surface area (Å²) in [6.07, 6.45) is 2.28. The Bertz CT molecular complexity index is 1040. The summed E-state index contributed by atoms with van der Waals surface area (Å²) in [6.45, 7) is 4.78. The van der Waals surface area contributed by atoms with E-state index in [4.69, 9.17) is 0 Å². The van der Waals surface area contributed by atoms with E-state index in [2.05, 4.69) is 21.2 Å². The van der Waals surface area contributed by atoms with Crippen LogP contribution < -0.4 is 5.32 Å². The van der Waals surface area contributed by atoms with Crippen LogP contribution in [0, 0.1) is 0 Å². The van der Waals surface area contributed by atoms with Crippen LogP contribution in [-0.2, 0) is 16.1 Å². The lowest BCUT2D eigenvalue weighted by Crippen LogP contribution is -2.48. The molecule has 2 aromatic rings. The molecular weight excluding hydrogens is 498 g/mol. The Morgan fingerprint density at radius 1 is 1.03 bits per heavy atom. The number of benzene rings is 2. The summed E-state index contributed by atoms with van der Waals surface area (Å²) in [5.74, 6) is -1.06. The molecule has 3 rings (SSSR count). The maximum absolute atomic E-state index is 13.2. The molecule has 0 aromatic heterocycles. The number of nitrogens with zero attached hydrogens (tertiary/aromatic N) is 2. The average Bonchev–Trinajstić information content (AvgIpc) is 3.07. The van der Waals surface area contributed by atoms with E-state index in [1.807, 2.05) is 31.2 Å². The molecule has 34 heavy (non-hydrogen) atoms. The molecule has 0 unspecified atom stereocenters. The van der Waals surface area contributed by atoms with Gasteiger partial charge in [-0.05, 0) is 49.6 Å². The molecule has 4 amide bonds. The van der Waals surface area contributed by atoms with Gasteiger partial charge in [-0.2, -0.15) is 0 Å². The molecule has 8 heteroatoms. The highest BCUT2D eigenvalue weighted by molar-refractivity contribution is 9.10. The number of hydrogen-bond acceptors (Lipinski definition) is 4. The number of hydrogen-bond donors (Lipinski definition) is 1. The first-order valence-corrected chi connectivity index (χ1v) is 12.4. The van der Waals surface area contributed by atoms with Crippen molar-refractivity contribution in [2.75, 3.05) is 13.1 Å². The number of halogens is 1. The number of unbranched alkanes of at least 4 members (excludes halogenated alkanes) is 1. The predicted octanol–water partition coefficient (Wildman–Crippen LogP) is 4.16. The van der Waals surface area contributed by atoms with E-state index in [0.717, 1.165) is 22.9 Å². The van der Waals surface area contributed by atoms with Gasteiger partial charge in [-0.1, -0.05) is 53.5 Å². The summed E-state index contributed by atoms with van der Waals surface area (Å²) >= 11 is 3.45. The molecule has 1 heterocycles. The maximum atomic E-state index is 13.2. The van der Waals surface area contributed by atoms with Gasteiger partial charge in [0.25, 0.3) is 11.8 Å². The second-order valence-electron chi connectivity index (χ2n) is 8.38. The lowest BCUT2D eigenvalue weighted by Gasteiger charge is -2.29. The summed E-state index contributed by atoms with van der Waals surface area (Å²) in [7, 11) is 0. The van der Waals surface area contributed by atoms with Crippen molar-refractivity contribution in [3.8, 4) is 0 Å². The fourth-order valence-corrected chi connectivity index (χ4v) is 4.37. The van der Waals surface area contributed by atoms with Gasteiger partial charge in [-0.25, -0.2) is 0 Å². The van der Waals surface area contributed by atoms with E-state index in [-0.39, 0.29) is 43.1 Å². The second kappa shape index (κ2) is 11.9. The highest BCUT2D eigenvalue weighted by Crippen LogP contribution is 2.23. The lowest BCUT2D eigenvalue weighted by atomic mass is 10.1. The molecule has 1 atom stereocenters. The third-order valence-corrected chi connectivity index (χ3v) is 6.38. The van der Waals surface area contributed by atoms with Crippen LogP contribution in [0.3, 0.4) is 0 Å². The van der Waals surface area contributed by atoms with Crippen molar-refractivity contribution >= 4 is 39.6 Å². The first-order chi connectivity index (χ1) is 16.3. The number of carbonyl (C=O) groups excluding carboxylic acids is 4. The Balaban J connectivity index is 1.65. The second-order valence-corrected chi connectivity index (χ2v) is 9.30. The van der Waals surface area contributed by atoms with Crippen LogP contribution in [0.1, 0.15) is 65.8 Å². The van der Waals surface area contributed by atoms with E-state index in [1.165, 1.54) is 4.90 Å². The fourth-order valence-electron chi connectivity index (χ4n) is 3.92. The Labute approximate surface area is 208 Å². The van der Waals surface area contributed by atoms with Crippen molar-refractivity contribution in [2.24, 2.45) is 0 Å². The quantitative estimate of drug-likeness (QED) is 0.351. The Kier molecular flexibility index (Phi) is 8.98.